The lowest BCUT2D eigenvalue weighted by molar-refractivity contribution is 0.0240. The van der Waals surface area contributed by atoms with E-state index in [1.165, 1.54) is 7.11 Å². The number of ether oxygens (including phenoxy) is 2. The summed E-state index contributed by atoms with van der Waals surface area (Å²) < 4.78 is 10.1. The van der Waals surface area contributed by atoms with Crippen molar-refractivity contribution in [3.63, 3.8) is 0 Å². The van der Waals surface area contributed by atoms with Crippen molar-refractivity contribution in [1.29, 1.82) is 0 Å². The maximum atomic E-state index is 12.1. The van der Waals surface area contributed by atoms with E-state index in [9.17, 15) is 9.59 Å². The normalized spacial score (nSPS) is 15.2. The molecule has 0 spiro atoms. The minimum absolute atomic E-state index is 0.285. The first kappa shape index (κ1) is 18.0. The Hall–Kier alpha value is -2.31. The quantitative estimate of drug-likeness (QED) is 0.772. The van der Waals surface area contributed by atoms with Gasteiger partial charge >= 0.3 is 12.1 Å². The molecule has 0 saturated carbocycles. The number of esters is 1. The minimum Gasteiger partial charge on any atom is -0.465 e. The Morgan fingerprint density at radius 2 is 1.75 bits per heavy atom. The topological polar surface area (TPSA) is 72.0 Å². The van der Waals surface area contributed by atoms with E-state index in [4.69, 9.17) is 9.47 Å². The van der Waals surface area contributed by atoms with Gasteiger partial charge < -0.3 is 19.3 Å². The number of hydrogen-bond acceptors (Lipinski definition) is 6. The second-order valence-corrected chi connectivity index (χ2v) is 6.75. The number of aromatic nitrogens is 1. The summed E-state index contributed by atoms with van der Waals surface area (Å²) in [5, 5.41) is 0. The molecule has 1 aromatic rings. The molecule has 1 aromatic heterocycles. The van der Waals surface area contributed by atoms with Gasteiger partial charge in [0, 0.05) is 26.2 Å². The zero-order valence-electron chi connectivity index (χ0n) is 15.0. The number of carbonyl (C=O) groups excluding carboxylic acids is 2. The number of piperazine rings is 1. The van der Waals surface area contributed by atoms with E-state index < -0.39 is 5.60 Å². The maximum Gasteiger partial charge on any atom is 0.410 e. The average Bonchev–Trinajstić information content (AvgIpc) is 2.52. The van der Waals surface area contributed by atoms with Crippen molar-refractivity contribution in [3.05, 3.63) is 23.4 Å². The maximum absolute atomic E-state index is 12.1. The van der Waals surface area contributed by atoms with E-state index in [1.807, 2.05) is 26.8 Å². The van der Waals surface area contributed by atoms with Gasteiger partial charge in [0.25, 0.3) is 0 Å². The van der Waals surface area contributed by atoms with E-state index in [-0.39, 0.29) is 12.1 Å². The van der Waals surface area contributed by atoms with Crippen molar-refractivity contribution in [2.75, 3.05) is 38.2 Å². The molecule has 0 unspecified atom stereocenters. The molecule has 7 nitrogen and oxygen atoms in total. The van der Waals surface area contributed by atoms with Crippen LogP contribution >= 0.6 is 0 Å². The van der Waals surface area contributed by atoms with Crippen LogP contribution < -0.4 is 4.90 Å². The third-order valence-corrected chi connectivity index (χ3v) is 3.73. The zero-order chi connectivity index (χ0) is 17.9. The van der Waals surface area contributed by atoms with Crippen molar-refractivity contribution in [2.24, 2.45) is 0 Å². The van der Waals surface area contributed by atoms with Crippen LogP contribution in [-0.2, 0) is 9.47 Å². The van der Waals surface area contributed by atoms with Gasteiger partial charge in [0.15, 0.2) is 0 Å². The Bertz CT molecular complexity index is 617. The van der Waals surface area contributed by atoms with Gasteiger partial charge in [0.1, 0.15) is 11.4 Å². The summed E-state index contributed by atoms with van der Waals surface area (Å²) in [5.41, 5.74) is 0.610. The summed E-state index contributed by atoms with van der Waals surface area (Å²) in [4.78, 5) is 32.0. The van der Waals surface area contributed by atoms with Crippen molar-refractivity contribution in [3.8, 4) is 0 Å². The molecule has 0 aliphatic carbocycles. The second-order valence-electron chi connectivity index (χ2n) is 6.75. The van der Waals surface area contributed by atoms with Crippen molar-refractivity contribution >= 4 is 17.9 Å². The fourth-order valence-electron chi connectivity index (χ4n) is 2.49. The fourth-order valence-corrected chi connectivity index (χ4v) is 2.49. The van der Waals surface area contributed by atoms with E-state index in [0.717, 1.165) is 5.82 Å². The van der Waals surface area contributed by atoms with Gasteiger partial charge in [-0.2, -0.15) is 0 Å². The number of nitrogens with zero attached hydrogens (tertiary/aromatic N) is 3. The van der Waals surface area contributed by atoms with Gasteiger partial charge in [0.05, 0.1) is 18.4 Å². The number of carbonyl (C=O) groups is 2. The largest absolute Gasteiger partial charge is 0.465 e. The van der Waals surface area contributed by atoms with Crippen LogP contribution in [0.5, 0.6) is 0 Å². The van der Waals surface area contributed by atoms with Gasteiger partial charge in [-0.25, -0.2) is 14.6 Å². The second kappa shape index (κ2) is 7.07. The monoisotopic (exact) mass is 335 g/mol. The lowest BCUT2D eigenvalue weighted by atomic mass is 10.2. The number of anilines is 1. The lowest BCUT2D eigenvalue weighted by Gasteiger charge is -2.36. The lowest BCUT2D eigenvalue weighted by Crippen LogP contribution is -2.50. The van der Waals surface area contributed by atoms with Gasteiger partial charge in [-0.05, 0) is 39.8 Å². The molecule has 0 N–H and O–H groups in total. The molecule has 24 heavy (non-hydrogen) atoms. The zero-order valence-corrected chi connectivity index (χ0v) is 15.0. The highest BCUT2D eigenvalue weighted by molar-refractivity contribution is 5.90. The van der Waals surface area contributed by atoms with Crippen LogP contribution in [0.2, 0.25) is 0 Å². The molecule has 0 aromatic carbocycles. The number of hydrogen-bond donors (Lipinski definition) is 0. The van der Waals surface area contributed by atoms with Crippen LogP contribution in [0.1, 0.15) is 36.8 Å². The Morgan fingerprint density at radius 1 is 1.12 bits per heavy atom. The summed E-state index contributed by atoms with van der Waals surface area (Å²) >= 11 is 0. The number of amides is 1. The van der Waals surface area contributed by atoms with Gasteiger partial charge in [-0.15, -0.1) is 0 Å². The predicted molar refractivity (Wildman–Crippen MR) is 90.3 cm³/mol. The highest BCUT2D eigenvalue weighted by Crippen LogP contribution is 2.18. The smallest absolute Gasteiger partial charge is 0.410 e. The van der Waals surface area contributed by atoms with E-state index >= 15 is 0 Å². The molecular weight excluding hydrogens is 310 g/mol. The van der Waals surface area contributed by atoms with Crippen LogP contribution in [0, 0.1) is 6.92 Å². The van der Waals surface area contributed by atoms with Crippen LogP contribution in [0.25, 0.3) is 0 Å². The SMILES string of the molecule is COC(=O)c1ccc(N2CCN(C(=O)OC(C)(C)C)CC2)nc1C. The van der Waals surface area contributed by atoms with Gasteiger partial charge in [-0.3, -0.25) is 0 Å². The Kier molecular flexibility index (Phi) is 5.31. The first-order valence-corrected chi connectivity index (χ1v) is 8.00. The third kappa shape index (κ3) is 4.37. The van der Waals surface area contributed by atoms with E-state index in [0.29, 0.717) is 37.4 Å². The molecule has 1 aliphatic rings. The molecule has 1 fully saturated rings. The summed E-state index contributed by atoms with van der Waals surface area (Å²) in [6.45, 7) is 9.85. The molecule has 2 rings (SSSR count). The molecule has 0 atom stereocenters. The molecule has 1 aliphatic heterocycles. The number of pyridine rings is 1. The Morgan fingerprint density at radius 3 is 2.25 bits per heavy atom. The minimum atomic E-state index is -0.489. The third-order valence-electron chi connectivity index (χ3n) is 3.73. The molecule has 1 amide bonds. The number of methoxy groups -OCH3 is 1. The van der Waals surface area contributed by atoms with Crippen molar-refractivity contribution < 1.29 is 19.1 Å². The van der Waals surface area contributed by atoms with Crippen LogP contribution in [0.3, 0.4) is 0 Å². The van der Waals surface area contributed by atoms with Gasteiger partial charge in [0.2, 0.25) is 0 Å². The summed E-state index contributed by atoms with van der Waals surface area (Å²) in [6, 6.07) is 3.53. The summed E-state index contributed by atoms with van der Waals surface area (Å²) in [5.74, 6) is 0.408. The van der Waals surface area contributed by atoms with Crippen LogP contribution in [0.15, 0.2) is 12.1 Å². The number of rotatable bonds is 2. The molecule has 7 heteroatoms. The predicted octanol–water partition coefficient (Wildman–Crippen LogP) is 2.23. The first-order chi connectivity index (χ1) is 11.2. The molecular formula is C17H25N3O4. The molecule has 1 saturated heterocycles. The molecule has 0 bridgehead atoms. The van der Waals surface area contributed by atoms with Crippen LogP contribution in [-0.4, -0.2) is 60.8 Å². The Labute approximate surface area is 142 Å². The van der Waals surface area contributed by atoms with E-state index in [1.54, 1.807) is 17.9 Å². The van der Waals surface area contributed by atoms with Crippen LogP contribution in [0.4, 0.5) is 10.6 Å². The molecule has 0 radical (unpaired) electrons. The van der Waals surface area contributed by atoms with Crippen molar-refractivity contribution in [1.82, 2.24) is 9.88 Å². The number of aryl methyl sites for hydroxylation is 1. The molecule has 132 valence electrons. The highest BCUT2D eigenvalue weighted by Gasteiger charge is 2.26. The summed E-state index contributed by atoms with van der Waals surface area (Å²) in [6.07, 6.45) is -0.285. The highest BCUT2D eigenvalue weighted by atomic mass is 16.6. The van der Waals surface area contributed by atoms with E-state index in [2.05, 4.69) is 9.88 Å². The average molecular weight is 335 g/mol. The molecule has 2 heterocycles. The summed E-state index contributed by atoms with van der Waals surface area (Å²) in [7, 11) is 1.35. The standard InChI is InChI=1S/C17H25N3O4/c1-12-13(15(21)23-5)6-7-14(18-12)19-8-10-20(11-9-19)16(22)24-17(2,3)4/h6-7H,8-11H2,1-5H3. The first-order valence-electron chi connectivity index (χ1n) is 8.00. The van der Waals surface area contributed by atoms with Gasteiger partial charge in [-0.1, -0.05) is 0 Å². The fraction of sp³-hybridized carbons (Fsp3) is 0.588. The Balaban J connectivity index is 1.98. The van der Waals surface area contributed by atoms with Crippen molar-refractivity contribution in [2.45, 2.75) is 33.3 Å².